The molecule has 98 valence electrons. The zero-order valence-electron chi connectivity index (χ0n) is 15.6. The average Bonchev–Trinajstić information content (AvgIpc) is 2.73. The zero-order valence-corrected chi connectivity index (χ0v) is 11.4. The molecule has 2 heterocycles. The van der Waals surface area contributed by atoms with E-state index in [2.05, 4.69) is 4.74 Å². The molecule has 0 atom stereocenters. The van der Waals surface area contributed by atoms with Crippen LogP contribution in [0.25, 0.3) is 0 Å². The van der Waals surface area contributed by atoms with E-state index in [0.29, 0.717) is 0 Å². The molecule has 1 fully saturated rings. The number of esters is 1. The van der Waals surface area contributed by atoms with Crippen molar-refractivity contribution in [1.29, 1.82) is 0 Å². The molecule has 0 amide bonds. The second kappa shape index (κ2) is 4.37. The van der Waals surface area contributed by atoms with Crippen LogP contribution in [0, 0.1) is 0 Å². The molecule has 0 spiro atoms. The Morgan fingerprint density at radius 2 is 2.00 bits per heavy atom. The predicted molar refractivity (Wildman–Crippen MR) is 71.4 cm³/mol. The molecule has 6 heteroatoms. The third-order valence-electron chi connectivity index (χ3n) is 3.26. The van der Waals surface area contributed by atoms with Crippen molar-refractivity contribution in [2.75, 3.05) is 7.04 Å². The quantitative estimate of drug-likeness (QED) is 0.609. The lowest BCUT2D eigenvalue weighted by Gasteiger charge is -2.32. The zero-order chi connectivity index (χ0) is 17.8. The van der Waals surface area contributed by atoms with Gasteiger partial charge in [-0.2, -0.15) is 0 Å². The van der Waals surface area contributed by atoms with E-state index in [-0.39, 0.29) is 15.7 Å². The molecule has 0 bridgehead atoms. The number of thiophene rings is 1. The van der Waals surface area contributed by atoms with Gasteiger partial charge in [-0.25, -0.2) is 4.79 Å². The third kappa shape index (κ3) is 2.20. The fourth-order valence-electron chi connectivity index (χ4n) is 1.48. The molecule has 1 aromatic heterocycles. The molecule has 18 heavy (non-hydrogen) atoms. The molecule has 1 aliphatic heterocycles. The minimum absolute atomic E-state index is 0.231. The molecule has 0 unspecified atom stereocenters. The lowest BCUT2D eigenvalue weighted by Crippen LogP contribution is -2.41. The first kappa shape index (κ1) is 8.35. The summed E-state index contributed by atoms with van der Waals surface area (Å²) in [4.78, 5) is 11.6. The summed E-state index contributed by atoms with van der Waals surface area (Å²) in [5, 5.41) is 0. The van der Waals surface area contributed by atoms with Crippen LogP contribution in [0.5, 0.6) is 0 Å². The first-order valence-corrected chi connectivity index (χ1v) is 6.26. The minimum Gasteiger partial charge on any atom is -0.465 e. The Morgan fingerprint density at radius 3 is 2.56 bits per heavy atom. The van der Waals surface area contributed by atoms with Gasteiger partial charge in [0.1, 0.15) is 4.88 Å². The van der Waals surface area contributed by atoms with Gasteiger partial charge in [-0.15, -0.1) is 11.3 Å². The van der Waals surface area contributed by atoms with Crippen LogP contribution >= 0.6 is 11.3 Å². The summed E-state index contributed by atoms with van der Waals surface area (Å²) in [6.07, 6.45) is 0. The van der Waals surface area contributed by atoms with Crippen molar-refractivity contribution in [1.82, 2.24) is 0 Å². The van der Waals surface area contributed by atoms with Gasteiger partial charge in [-0.1, -0.05) is 6.04 Å². The number of hydrogen-bond donors (Lipinski definition) is 0. The molecule has 1 saturated heterocycles. The molecule has 0 saturated carbocycles. The van der Waals surface area contributed by atoms with E-state index in [0.717, 1.165) is 11.3 Å². The Hall–Kier alpha value is -0.845. The van der Waals surface area contributed by atoms with Gasteiger partial charge >= 0.3 is 13.1 Å². The summed E-state index contributed by atoms with van der Waals surface area (Å²) in [5.74, 6) is -1.16. The van der Waals surface area contributed by atoms with Crippen molar-refractivity contribution >= 4 is 29.2 Å². The molecule has 0 aromatic carbocycles. The maximum atomic E-state index is 11.9. The highest BCUT2D eigenvalue weighted by Crippen LogP contribution is 2.36. The molecule has 2 rings (SSSR count). The maximum absolute atomic E-state index is 11.9. The highest BCUT2D eigenvalue weighted by Gasteiger charge is 2.52. The van der Waals surface area contributed by atoms with Crippen LogP contribution < -0.4 is 4.78 Å². The van der Waals surface area contributed by atoms with E-state index in [1.807, 2.05) is 27.7 Å². The smallest absolute Gasteiger partial charge is 0.465 e. The number of carbonyl (C=O) groups is 1. The summed E-state index contributed by atoms with van der Waals surface area (Å²) in [6.45, 7) is 7.37. The number of methoxy groups -OCH3 is 1. The maximum Gasteiger partial charge on any atom is 0.505 e. The molecule has 0 aliphatic carbocycles. The SMILES string of the molecule is [2H]c1c(B2OC(C)(C)C(C)(C)O2)sc(C(=O)OC([2H])([2H])[2H])c1[2H]. The summed E-state index contributed by atoms with van der Waals surface area (Å²) in [5.41, 5.74) is -1.26. The predicted octanol–water partition coefficient (Wildman–Crippen LogP) is 1.83. The van der Waals surface area contributed by atoms with E-state index in [1.54, 1.807) is 0 Å². The van der Waals surface area contributed by atoms with Crippen molar-refractivity contribution in [3.63, 3.8) is 0 Å². The Kier molecular flexibility index (Phi) is 2.03. The van der Waals surface area contributed by atoms with Crippen LogP contribution in [-0.2, 0) is 14.0 Å². The summed E-state index contributed by atoms with van der Waals surface area (Å²) in [7, 11) is -3.80. The van der Waals surface area contributed by atoms with Gasteiger partial charge in [0.05, 0.1) is 25.1 Å². The van der Waals surface area contributed by atoms with Gasteiger partial charge in [0, 0.05) is 4.78 Å². The molecular formula is C12H17BO4S. The van der Waals surface area contributed by atoms with Gasteiger partial charge in [-0.05, 0) is 33.7 Å². The monoisotopic (exact) mass is 273 g/mol. The largest absolute Gasteiger partial charge is 0.505 e. The summed E-state index contributed by atoms with van der Waals surface area (Å²) in [6, 6.07) is -0.625. The van der Waals surface area contributed by atoms with Crippen molar-refractivity contribution < 1.29 is 25.7 Å². The molecular weight excluding hydrogens is 251 g/mol. The van der Waals surface area contributed by atoms with E-state index < -0.39 is 37.4 Å². The van der Waals surface area contributed by atoms with Crippen LogP contribution in [0.2, 0.25) is 0 Å². The number of hydrogen-bond acceptors (Lipinski definition) is 5. The lowest BCUT2D eigenvalue weighted by atomic mass is 9.88. The molecule has 0 radical (unpaired) electrons. The summed E-state index contributed by atoms with van der Waals surface area (Å²) >= 11 is 0.784. The Bertz CT molecular complexity index is 624. The highest BCUT2D eigenvalue weighted by atomic mass is 32.1. The summed E-state index contributed by atoms with van der Waals surface area (Å²) < 4.78 is 52.8. The van der Waals surface area contributed by atoms with Crippen molar-refractivity contribution in [2.45, 2.75) is 38.9 Å². The second-order valence-corrected chi connectivity index (χ2v) is 6.08. The third-order valence-corrected chi connectivity index (χ3v) is 4.24. The minimum atomic E-state index is -2.90. The lowest BCUT2D eigenvalue weighted by molar-refractivity contribution is 0.00578. The topological polar surface area (TPSA) is 44.8 Å². The first-order chi connectivity index (χ1) is 10.3. The van der Waals surface area contributed by atoms with Crippen LogP contribution in [0.4, 0.5) is 0 Å². The Morgan fingerprint density at radius 1 is 1.39 bits per heavy atom. The fourth-order valence-corrected chi connectivity index (χ4v) is 2.22. The molecule has 0 N–H and O–H groups in total. The first-order valence-electron chi connectivity index (χ1n) is 7.94. The highest BCUT2D eigenvalue weighted by molar-refractivity contribution is 7.23. The number of ether oxygens (including phenoxy) is 1. The molecule has 1 aliphatic rings. The van der Waals surface area contributed by atoms with Gasteiger partial charge in [0.2, 0.25) is 0 Å². The van der Waals surface area contributed by atoms with Gasteiger partial charge < -0.3 is 14.0 Å². The normalized spacial score (nSPS) is 25.8. The van der Waals surface area contributed by atoms with Crippen molar-refractivity contribution in [2.24, 2.45) is 0 Å². The van der Waals surface area contributed by atoms with Gasteiger partial charge in [0.25, 0.3) is 0 Å². The van der Waals surface area contributed by atoms with E-state index in [1.165, 1.54) is 0 Å². The van der Waals surface area contributed by atoms with Crippen molar-refractivity contribution in [3.8, 4) is 0 Å². The van der Waals surface area contributed by atoms with Crippen LogP contribution in [0.3, 0.4) is 0 Å². The van der Waals surface area contributed by atoms with Crippen LogP contribution in [0.1, 0.15) is 44.2 Å². The van der Waals surface area contributed by atoms with E-state index in [4.69, 9.17) is 16.2 Å². The molecule has 4 nitrogen and oxygen atoms in total. The van der Waals surface area contributed by atoms with E-state index in [9.17, 15) is 4.79 Å². The second-order valence-electron chi connectivity index (χ2n) is 5.02. The van der Waals surface area contributed by atoms with Crippen molar-refractivity contribution in [3.05, 3.63) is 17.0 Å². The molecule has 1 aromatic rings. The van der Waals surface area contributed by atoms with E-state index >= 15 is 0 Å². The van der Waals surface area contributed by atoms with Crippen LogP contribution in [0.15, 0.2) is 12.1 Å². The number of carbonyl (C=O) groups excluding carboxylic acids is 1. The van der Waals surface area contributed by atoms with Gasteiger partial charge in [-0.3, -0.25) is 0 Å². The standard InChI is InChI=1S/C12H17BO4S/c1-11(2)12(3,4)17-13(16-11)9-7-6-8(18-9)10(14)15-5/h6-7H,1-5H3/i5D3,6D,7D. The Balaban J connectivity index is 2.33. The number of rotatable bonds is 2. The fraction of sp³-hybridized carbons (Fsp3) is 0.583. The Labute approximate surface area is 118 Å². The average molecular weight is 273 g/mol. The van der Waals surface area contributed by atoms with Gasteiger partial charge in [0.15, 0.2) is 0 Å². The van der Waals surface area contributed by atoms with Crippen LogP contribution in [-0.4, -0.2) is 31.3 Å².